The number of likely N-dealkylation sites (tertiary alicyclic amines) is 1. The fraction of sp³-hybridized carbons (Fsp3) is 0.917. The van der Waals surface area contributed by atoms with E-state index in [4.69, 9.17) is 4.74 Å². The summed E-state index contributed by atoms with van der Waals surface area (Å²) < 4.78 is 4.84. The average molecular weight is 211 g/mol. The van der Waals surface area contributed by atoms with Gasteiger partial charge in [-0.05, 0) is 26.2 Å². The average Bonchev–Trinajstić information content (AvgIpc) is 2.26. The van der Waals surface area contributed by atoms with E-state index < -0.39 is 0 Å². The minimum absolute atomic E-state index is 0.0429. The summed E-state index contributed by atoms with van der Waals surface area (Å²) in [6.07, 6.45) is 7.50. The molecule has 0 spiro atoms. The number of rotatable bonds is 2. The van der Waals surface area contributed by atoms with Crippen LogP contribution in [0.2, 0.25) is 0 Å². The van der Waals surface area contributed by atoms with Gasteiger partial charge in [0.25, 0.3) is 0 Å². The highest BCUT2D eigenvalue weighted by Gasteiger charge is 2.44. The van der Waals surface area contributed by atoms with Crippen molar-refractivity contribution in [1.82, 2.24) is 4.90 Å². The molecule has 1 heterocycles. The fourth-order valence-corrected chi connectivity index (χ4v) is 3.08. The molecule has 0 aromatic rings. The number of esters is 1. The van der Waals surface area contributed by atoms with Crippen LogP contribution < -0.4 is 0 Å². The Kier molecular flexibility index (Phi) is 3.29. The third-order valence-corrected chi connectivity index (χ3v) is 3.90. The zero-order chi connectivity index (χ0) is 10.8. The zero-order valence-electron chi connectivity index (χ0n) is 9.74. The molecule has 1 aliphatic carbocycles. The first-order chi connectivity index (χ1) is 7.24. The lowest BCUT2D eigenvalue weighted by Gasteiger charge is -2.50. The lowest BCUT2D eigenvalue weighted by molar-refractivity contribution is -0.159. The minimum atomic E-state index is -0.0429. The Morgan fingerprint density at radius 2 is 1.93 bits per heavy atom. The molecule has 3 nitrogen and oxygen atoms in total. The molecule has 0 amide bonds. The van der Waals surface area contributed by atoms with Crippen molar-refractivity contribution >= 4 is 5.97 Å². The maximum Gasteiger partial charge on any atom is 0.323 e. The summed E-state index contributed by atoms with van der Waals surface area (Å²) in [5.74, 6) is -0.0429. The Labute approximate surface area is 91.8 Å². The number of methoxy groups -OCH3 is 1. The summed E-state index contributed by atoms with van der Waals surface area (Å²) in [6, 6.07) is 1.25. The maximum atomic E-state index is 11.5. The molecule has 2 aliphatic rings. The van der Waals surface area contributed by atoms with E-state index in [2.05, 4.69) is 11.8 Å². The predicted octanol–water partition coefficient (Wildman–Crippen LogP) is 1.95. The van der Waals surface area contributed by atoms with Gasteiger partial charge in [0.1, 0.15) is 6.04 Å². The Morgan fingerprint density at radius 3 is 2.47 bits per heavy atom. The van der Waals surface area contributed by atoms with Gasteiger partial charge in [-0.3, -0.25) is 9.69 Å². The van der Waals surface area contributed by atoms with Gasteiger partial charge in [-0.25, -0.2) is 0 Å². The van der Waals surface area contributed by atoms with Crippen molar-refractivity contribution in [2.75, 3.05) is 7.11 Å². The highest BCUT2D eigenvalue weighted by molar-refractivity contribution is 5.77. The Hall–Kier alpha value is -0.570. The van der Waals surface area contributed by atoms with Crippen molar-refractivity contribution in [3.05, 3.63) is 0 Å². The first-order valence-corrected chi connectivity index (χ1v) is 6.09. The van der Waals surface area contributed by atoms with Crippen LogP contribution in [0.4, 0.5) is 0 Å². The van der Waals surface area contributed by atoms with Crippen LogP contribution in [-0.2, 0) is 9.53 Å². The van der Waals surface area contributed by atoms with Crippen molar-refractivity contribution in [1.29, 1.82) is 0 Å². The molecule has 3 heteroatoms. The number of nitrogens with zero attached hydrogens (tertiary/aromatic N) is 1. The van der Waals surface area contributed by atoms with Crippen molar-refractivity contribution in [2.24, 2.45) is 0 Å². The van der Waals surface area contributed by atoms with E-state index in [1.165, 1.54) is 39.2 Å². The van der Waals surface area contributed by atoms with Crippen LogP contribution in [0.25, 0.3) is 0 Å². The maximum absolute atomic E-state index is 11.5. The van der Waals surface area contributed by atoms with Crippen molar-refractivity contribution < 1.29 is 9.53 Å². The van der Waals surface area contributed by atoms with Crippen molar-refractivity contribution in [3.8, 4) is 0 Å². The highest BCUT2D eigenvalue weighted by Crippen LogP contribution is 2.34. The smallest absolute Gasteiger partial charge is 0.323 e. The summed E-state index contributed by atoms with van der Waals surface area (Å²) in [4.78, 5) is 13.9. The molecule has 2 atom stereocenters. The van der Waals surface area contributed by atoms with Crippen LogP contribution in [0.1, 0.15) is 45.4 Å². The summed E-state index contributed by atoms with van der Waals surface area (Å²) in [6.45, 7) is 2.22. The van der Waals surface area contributed by atoms with E-state index in [0.717, 1.165) is 6.42 Å². The third kappa shape index (κ3) is 2.03. The standard InChI is InChI=1S/C12H21NO2/c1-9-8-11(12(14)15-2)13(9)10-6-4-3-5-7-10/h9-11H,3-8H2,1-2H3. The van der Waals surface area contributed by atoms with Crippen LogP contribution in [0.15, 0.2) is 0 Å². The van der Waals surface area contributed by atoms with Gasteiger partial charge >= 0.3 is 5.97 Å². The van der Waals surface area contributed by atoms with Gasteiger partial charge in [0.2, 0.25) is 0 Å². The zero-order valence-corrected chi connectivity index (χ0v) is 9.74. The summed E-state index contributed by atoms with van der Waals surface area (Å²) in [7, 11) is 1.49. The summed E-state index contributed by atoms with van der Waals surface area (Å²) >= 11 is 0. The largest absolute Gasteiger partial charge is 0.468 e. The van der Waals surface area contributed by atoms with Gasteiger partial charge < -0.3 is 4.74 Å². The first kappa shape index (κ1) is 10.9. The van der Waals surface area contributed by atoms with Crippen molar-refractivity contribution in [2.45, 2.75) is 63.6 Å². The van der Waals surface area contributed by atoms with E-state index in [9.17, 15) is 4.79 Å². The van der Waals surface area contributed by atoms with Gasteiger partial charge in [-0.1, -0.05) is 19.3 Å². The van der Waals surface area contributed by atoms with Crippen LogP contribution in [0.5, 0.6) is 0 Å². The second kappa shape index (κ2) is 4.52. The highest BCUT2D eigenvalue weighted by atomic mass is 16.5. The SMILES string of the molecule is COC(=O)C1CC(C)N1C1CCCCC1. The van der Waals surface area contributed by atoms with E-state index in [1.807, 2.05) is 0 Å². The number of ether oxygens (including phenoxy) is 1. The van der Waals surface area contributed by atoms with Crippen LogP contribution in [0.3, 0.4) is 0 Å². The molecule has 0 radical (unpaired) electrons. The number of hydrogen-bond donors (Lipinski definition) is 0. The molecule has 1 saturated heterocycles. The van der Waals surface area contributed by atoms with E-state index in [-0.39, 0.29) is 12.0 Å². The monoisotopic (exact) mass is 211 g/mol. The molecule has 0 bridgehead atoms. The Bertz CT molecular complexity index is 236. The quantitative estimate of drug-likeness (QED) is 0.654. The third-order valence-electron chi connectivity index (χ3n) is 3.90. The van der Waals surface area contributed by atoms with Gasteiger partial charge in [-0.15, -0.1) is 0 Å². The van der Waals surface area contributed by atoms with E-state index in [1.54, 1.807) is 0 Å². The van der Waals surface area contributed by atoms with Gasteiger partial charge in [0.15, 0.2) is 0 Å². The second-order valence-electron chi connectivity index (χ2n) is 4.86. The van der Waals surface area contributed by atoms with Gasteiger partial charge in [0.05, 0.1) is 7.11 Å². The molecule has 2 unspecified atom stereocenters. The fourth-order valence-electron chi connectivity index (χ4n) is 3.08. The molecule has 1 aliphatic heterocycles. The molecule has 0 aromatic heterocycles. The molecule has 0 N–H and O–H groups in total. The van der Waals surface area contributed by atoms with Gasteiger partial charge in [-0.2, -0.15) is 0 Å². The molecule has 2 fully saturated rings. The van der Waals surface area contributed by atoms with Crippen LogP contribution >= 0.6 is 0 Å². The molecule has 1 saturated carbocycles. The number of carbonyl (C=O) groups is 1. The molecule has 15 heavy (non-hydrogen) atoms. The molecule has 2 rings (SSSR count). The topological polar surface area (TPSA) is 29.5 Å². The van der Waals surface area contributed by atoms with E-state index in [0.29, 0.717) is 12.1 Å². The lowest BCUT2D eigenvalue weighted by Crippen LogP contribution is -2.62. The Morgan fingerprint density at radius 1 is 1.27 bits per heavy atom. The molecular weight excluding hydrogens is 190 g/mol. The normalized spacial score (nSPS) is 33.5. The molecule has 0 aromatic carbocycles. The minimum Gasteiger partial charge on any atom is -0.468 e. The lowest BCUT2D eigenvalue weighted by atomic mass is 9.85. The number of carbonyl (C=O) groups excluding carboxylic acids is 1. The molecule has 86 valence electrons. The van der Waals surface area contributed by atoms with Crippen molar-refractivity contribution in [3.63, 3.8) is 0 Å². The Balaban J connectivity index is 1.96. The molecular formula is C12H21NO2. The first-order valence-electron chi connectivity index (χ1n) is 6.09. The second-order valence-corrected chi connectivity index (χ2v) is 4.86. The van der Waals surface area contributed by atoms with Crippen LogP contribution in [-0.4, -0.2) is 36.1 Å². The number of hydrogen-bond acceptors (Lipinski definition) is 3. The summed E-state index contributed by atoms with van der Waals surface area (Å²) in [5, 5.41) is 0. The van der Waals surface area contributed by atoms with Gasteiger partial charge in [0, 0.05) is 12.1 Å². The van der Waals surface area contributed by atoms with Crippen LogP contribution in [0, 0.1) is 0 Å². The summed E-state index contributed by atoms with van der Waals surface area (Å²) in [5.41, 5.74) is 0. The predicted molar refractivity (Wildman–Crippen MR) is 58.6 cm³/mol. The van der Waals surface area contributed by atoms with E-state index >= 15 is 0 Å².